The molecule has 0 amide bonds. The van der Waals surface area contributed by atoms with Gasteiger partial charge in [0, 0.05) is 25.7 Å². The van der Waals surface area contributed by atoms with Gasteiger partial charge in [0.15, 0.2) is 12.2 Å². The highest BCUT2D eigenvalue weighted by atomic mass is 31.2. The van der Waals surface area contributed by atoms with Crippen LogP contribution in [0.1, 0.15) is 401 Å². The van der Waals surface area contributed by atoms with E-state index in [2.05, 4.69) is 41.5 Å². The lowest BCUT2D eigenvalue weighted by atomic mass is 9.99. The van der Waals surface area contributed by atoms with Crippen LogP contribution in [0.3, 0.4) is 0 Å². The van der Waals surface area contributed by atoms with Gasteiger partial charge < -0.3 is 33.8 Å². The van der Waals surface area contributed by atoms with Crippen LogP contribution in [-0.2, 0) is 65.4 Å². The molecule has 17 nitrogen and oxygen atoms in total. The van der Waals surface area contributed by atoms with Gasteiger partial charge in [-0.1, -0.05) is 350 Å². The number of aliphatic hydroxyl groups is 1. The molecule has 0 fully saturated rings. The number of hydrogen-bond donors (Lipinski definition) is 3. The number of ether oxygens (including phenoxy) is 4. The molecule has 0 saturated carbocycles. The number of esters is 4. The lowest BCUT2D eigenvalue weighted by Gasteiger charge is -2.21. The minimum atomic E-state index is -4.96. The normalized spacial score (nSPS) is 14.6. The maximum atomic E-state index is 13.1. The van der Waals surface area contributed by atoms with Crippen molar-refractivity contribution >= 4 is 39.5 Å². The maximum absolute atomic E-state index is 13.1. The lowest BCUT2D eigenvalue weighted by Crippen LogP contribution is -2.30. The Morgan fingerprint density at radius 2 is 0.500 bits per heavy atom. The summed E-state index contributed by atoms with van der Waals surface area (Å²) in [6.07, 6.45) is 57.1. The summed E-state index contributed by atoms with van der Waals surface area (Å²) < 4.78 is 68.4. The SMILES string of the molecule is CCCCCCCCCCCCCCCCCC(=O)O[C@H](COC(=O)CCCCCCC)COP(=O)(O)OC[C@H](O)COP(=O)(O)OC[C@@H](COC(=O)CCCCCCCCCCCCCCCCC(C)CC)OC(=O)CCCCCCCCCCCCCCCCC(C)CC. The summed E-state index contributed by atoms with van der Waals surface area (Å²) >= 11 is 0. The van der Waals surface area contributed by atoms with Crippen LogP contribution in [0, 0.1) is 11.8 Å². The molecule has 570 valence electrons. The van der Waals surface area contributed by atoms with Gasteiger partial charge in [-0.3, -0.25) is 37.3 Å². The highest BCUT2D eigenvalue weighted by molar-refractivity contribution is 7.47. The first-order valence-electron chi connectivity index (χ1n) is 40.1. The molecule has 96 heavy (non-hydrogen) atoms. The number of phosphoric acid groups is 2. The second kappa shape index (κ2) is 68.8. The van der Waals surface area contributed by atoms with Gasteiger partial charge in [0.1, 0.15) is 19.3 Å². The van der Waals surface area contributed by atoms with E-state index in [0.29, 0.717) is 25.7 Å². The van der Waals surface area contributed by atoms with E-state index in [4.69, 9.17) is 37.0 Å². The first-order valence-corrected chi connectivity index (χ1v) is 43.1. The molecular weight excluding hydrogens is 1260 g/mol. The molecule has 0 bridgehead atoms. The smallest absolute Gasteiger partial charge is 0.462 e. The molecule has 0 radical (unpaired) electrons. The first kappa shape index (κ1) is 94.1. The second-order valence-corrected chi connectivity index (χ2v) is 31.1. The van der Waals surface area contributed by atoms with Crippen LogP contribution in [0.2, 0.25) is 0 Å². The average molecular weight is 1410 g/mol. The van der Waals surface area contributed by atoms with Gasteiger partial charge in [-0.15, -0.1) is 0 Å². The van der Waals surface area contributed by atoms with E-state index >= 15 is 0 Å². The van der Waals surface area contributed by atoms with E-state index < -0.39 is 97.5 Å². The van der Waals surface area contributed by atoms with Crippen molar-refractivity contribution in [3.63, 3.8) is 0 Å². The quantitative estimate of drug-likeness (QED) is 0.0222. The van der Waals surface area contributed by atoms with E-state index in [1.165, 1.54) is 212 Å². The monoisotopic (exact) mass is 1410 g/mol. The van der Waals surface area contributed by atoms with Crippen LogP contribution < -0.4 is 0 Å². The van der Waals surface area contributed by atoms with Gasteiger partial charge in [0.05, 0.1) is 26.4 Å². The van der Waals surface area contributed by atoms with Crippen LogP contribution in [0.4, 0.5) is 0 Å². The van der Waals surface area contributed by atoms with Crippen LogP contribution in [0.5, 0.6) is 0 Å². The third-order valence-electron chi connectivity index (χ3n) is 18.7. The van der Waals surface area contributed by atoms with Gasteiger partial charge in [0.2, 0.25) is 0 Å². The van der Waals surface area contributed by atoms with E-state index in [1.807, 2.05) is 0 Å². The molecule has 0 aliphatic carbocycles. The summed E-state index contributed by atoms with van der Waals surface area (Å²) in [5, 5.41) is 10.6. The van der Waals surface area contributed by atoms with Crippen molar-refractivity contribution in [1.29, 1.82) is 0 Å². The lowest BCUT2D eigenvalue weighted by molar-refractivity contribution is -0.161. The summed E-state index contributed by atoms with van der Waals surface area (Å²) in [7, 11) is -9.90. The fourth-order valence-electron chi connectivity index (χ4n) is 11.8. The number of carbonyl (C=O) groups is 4. The van der Waals surface area contributed by atoms with E-state index in [1.54, 1.807) is 0 Å². The third-order valence-corrected chi connectivity index (χ3v) is 20.6. The van der Waals surface area contributed by atoms with Gasteiger partial charge in [-0.25, -0.2) is 9.13 Å². The van der Waals surface area contributed by atoms with E-state index in [0.717, 1.165) is 108 Å². The van der Waals surface area contributed by atoms with Crippen molar-refractivity contribution < 1.29 is 80.2 Å². The molecule has 0 aromatic heterocycles. The Balaban J connectivity index is 5.14. The molecule has 0 heterocycles. The molecule has 0 rings (SSSR count). The maximum Gasteiger partial charge on any atom is 0.472 e. The summed E-state index contributed by atoms with van der Waals surface area (Å²) in [6.45, 7) is 9.63. The fourth-order valence-corrected chi connectivity index (χ4v) is 13.3. The van der Waals surface area contributed by atoms with Crippen molar-refractivity contribution in [3.05, 3.63) is 0 Å². The third kappa shape index (κ3) is 67.9. The average Bonchev–Trinajstić information content (AvgIpc) is 1.28. The predicted octanol–water partition coefficient (Wildman–Crippen LogP) is 22.7. The Hall–Kier alpha value is -1.94. The second-order valence-electron chi connectivity index (χ2n) is 28.2. The summed E-state index contributed by atoms with van der Waals surface area (Å²) in [5.74, 6) is -0.428. The first-order chi connectivity index (χ1) is 46.4. The Morgan fingerprint density at radius 3 is 0.740 bits per heavy atom. The molecular formula is C77H150O17P2. The van der Waals surface area contributed by atoms with Crippen molar-refractivity contribution in [2.24, 2.45) is 11.8 Å². The van der Waals surface area contributed by atoms with Crippen LogP contribution in [-0.4, -0.2) is 96.7 Å². The largest absolute Gasteiger partial charge is 0.472 e. The van der Waals surface area contributed by atoms with Crippen molar-refractivity contribution in [1.82, 2.24) is 0 Å². The zero-order valence-corrected chi connectivity index (χ0v) is 64.5. The number of carbonyl (C=O) groups excluding carboxylic acids is 4. The number of unbranched alkanes of at least 4 members (excludes halogenated alkanes) is 44. The molecule has 3 N–H and O–H groups in total. The molecule has 0 aromatic rings. The minimum Gasteiger partial charge on any atom is -0.462 e. The zero-order chi connectivity index (χ0) is 70.7. The topological polar surface area (TPSA) is 237 Å². The van der Waals surface area contributed by atoms with Crippen LogP contribution in [0.15, 0.2) is 0 Å². The Morgan fingerprint density at radius 1 is 0.292 bits per heavy atom. The van der Waals surface area contributed by atoms with Gasteiger partial charge in [0.25, 0.3) is 0 Å². The number of phosphoric ester groups is 2. The van der Waals surface area contributed by atoms with Crippen LogP contribution >= 0.6 is 15.6 Å². The molecule has 7 atom stereocenters. The predicted molar refractivity (Wildman–Crippen MR) is 391 cm³/mol. The van der Waals surface area contributed by atoms with Crippen molar-refractivity contribution in [2.75, 3.05) is 39.6 Å². The molecule has 0 spiro atoms. The summed E-state index contributed by atoms with van der Waals surface area (Å²) in [4.78, 5) is 72.6. The molecule has 4 unspecified atom stereocenters. The van der Waals surface area contributed by atoms with Crippen molar-refractivity contribution in [3.8, 4) is 0 Å². The summed E-state index contributed by atoms with van der Waals surface area (Å²) in [6, 6.07) is 0. The highest BCUT2D eigenvalue weighted by Crippen LogP contribution is 2.45. The zero-order valence-electron chi connectivity index (χ0n) is 62.7. The molecule has 0 saturated heterocycles. The Kier molecular flexibility index (Phi) is 67.4. The van der Waals surface area contributed by atoms with Crippen molar-refractivity contribution in [2.45, 2.75) is 419 Å². The molecule has 0 aromatic carbocycles. The Labute approximate surface area is 588 Å². The van der Waals surface area contributed by atoms with E-state index in [-0.39, 0.29) is 25.7 Å². The van der Waals surface area contributed by atoms with Gasteiger partial charge in [-0.05, 0) is 37.5 Å². The highest BCUT2D eigenvalue weighted by Gasteiger charge is 2.30. The molecule has 0 aliphatic rings. The minimum absolute atomic E-state index is 0.107. The number of hydrogen-bond acceptors (Lipinski definition) is 15. The molecule has 0 aliphatic heterocycles. The fraction of sp³-hybridized carbons (Fsp3) is 0.948. The molecule has 19 heteroatoms. The van der Waals surface area contributed by atoms with Gasteiger partial charge >= 0.3 is 39.5 Å². The standard InChI is InChI=1S/C77H150O17P2/c1-7-11-13-15-16-17-18-19-20-28-33-38-43-49-55-61-76(81)93-72(65-87-74(79)59-53-45-14-12-8-2)67-91-95(83,84)89-63-71(78)64-90-96(85,86)92-68-73(94-77(82)62-56-50-44-39-34-29-24-22-26-31-36-41-47-52-58-70(6)10-4)66-88-75(80)60-54-48-42-37-32-27-23-21-25-30-35-40-46-51-57-69(5)9-3/h69-73,78H,7-68H2,1-6H3,(H,83,84)(H,85,86)/t69?,70?,71-,72+,73+/m0/s1. The summed E-state index contributed by atoms with van der Waals surface area (Å²) in [5.41, 5.74) is 0. The van der Waals surface area contributed by atoms with Gasteiger partial charge in [-0.2, -0.15) is 0 Å². The van der Waals surface area contributed by atoms with Crippen LogP contribution in [0.25, 0.3) is 0 Å². The van der Waals surface area contributed by atoms with E-state index in [9.17, 15) is 43.2 Å². The number of aliphatic hydroxyl groups excluding tert-OH is 1. The number of rotatable bonds is 76. The Bertz CT molecular complexity index is 1860.